The summed E-state index contributed by atoms with van der Waals surface area (Å²) in [5, 5.41) is 13.6. The number of hydrogen-bond donors (Lipinski definition) is 2. The van der Waals surface area contributed by atoms with Crippen LogP contribution < -0.4 is 5.32 Å². The molecule has 28 heavy (non-hydrogen) atoms. The van der Waals surface area contributed by atoms with Crippen molar-refractivity contribution in [1.82, 2.24) is 9.97 Å². The number of halogens is 1. The average Bonchev–Trinajstić information content (AvgIpc) is 2.72. The minimum Gasteiger partial charge on any atom is -0.396 e. The zero-order valence-corrected chi connectivity index (χ0v) is 16.1. The lowest BCUT2D eigenvalue weighted by molar-refractivity contribution is 0.264. The van der Waals surface area contributed by atoms with Crippen LogP contribution in [-0.4, -0.2) is 21.7 Å². The molecule has 0 bridgehead atoms. The number of hydrogen-bond acceptors (Lipinski definition) is 4. The molecule has 0 radical (unpaired) electrons. The SMILES string of the molecule is OC[C@H]1CC=Cc2ccc3c(c21)CCc1ccc(Nc2cc(Cl)ncn2)cc1-3. The Hall–Kier alpha value is -2.69. The third kappa shape index (κ3) is 2.99. The number of nitrogens with zero attached hydrogens (tertiary/aromatic N) is 2. The van der Waals surface area contributed by atoms with Gasteiger partial charge in [-0.1, -0.05) is 42.0 Å². The number of aliphatic hydroxyl groups excluding tert-OH is 1. The van der Waals surface area contributed by atoms with E-state index in [1.54, 1.807) is 6.07 Å². The van der Waals surface area contributed by atoms with Crippen LogP contribution in [0.3, 0.4) is 0 Å². The summed E-state index contributed by atoms with van der Waals surface area (Å²) >= 11 is 5.97. The monoisotopic (exact) mass is 389 g/mol. The van der Waals surface area contributed by atoms with Gasteiger partial charge < -0.3 is 10.4 Å². The van der Waals surface area contributed by atoms with Crippen molar-refractivity contribution in [2.24, 2.45) is 0 Å². The topological polar surface area (TPSA) is 58.0 Å². The predicted molar refractivity (Wildman–Crippen MR) is 113 cm³/mol. The van der Waals surface area contributed by atoms with Crippen molar-refractivity contribution in [1.29, 1.82) is 0 Å². The summed E-state index contributed by atoms with van der Waals surface area (Å²) < 4.78 is 0. The fourth-order valence-electron chi connectivity index (χ4n) is 4.41. The summed E-state index contributed by atoms with van der Waals surface area (Å²) in [6.07, 6.45) is 8.75. The molecule has 4 nitrogen and oxygen atoms in total. The molecule has 0 saturated carbocycles. The Morgan fingerprint density at radius 3 is 2.86 bits per heavy atom. The van der Waals surface area contributed by atoms with Gasteiger partial charge in [-0.05, 0) is 64.8 Å². The van der Waals surface area contributed by atoms with E-state index < -0.39 is 0 Å². The predicted octanol–water partition coefficient (Wildman–Crippen LogP) is 5.13. The van der Waals surface area contributed by atoms with Gasteiger partial charge in [-0.2, -0.15) is 0 Å². The molecular formula is C23H20ClN3O. The fourth-order valence-corrected chi connectivity index (χ4v) is 4.55. The van der Waals surface area contributed by atoms with E-state index >= 15 is 0 Å². The van der Waals surface area contributed by atoms with E-state index in [1.165, 1.54) is 39.7 Å². The largest absolute Gasteiger partial charge is 0.396 e. The van der Waals surface area contributed by atoms with Gasteiger partial charge in [0.1, 0.15) is 17.3 Å². The number of allylic oxidation sites excluding steroid dienone is 1. The average molecular weight is 390 g/mol. The number of rotatable bonds is 3. The number of aliphatic hydroxyl groups is 1. The molecule has 1 atom stereocenters. The minimum absolute atomic E-state index is 0.191. The smallest absolute Gasteiger partial charge is 0.135 e. The first-order valence-corrected chi connectivity index (χ1v) is 9.92. The molecule has 0 saturated heterocycles. The second-order valence-electron chi connectivity index (χ2n) is 7.34. The van der Waals surface area contributed by atoms with Crippen molar-refractivity contribution in [2.45, 2.75) is 25.2 Å². The van der Waals surface area contributed by atoms with Gasteiger partial charge in [0.15, 0.2) is 0 Å². The number of aromatic nitrogens is 2. The summed E-state index contributed by atoms with van der Waals surface area (Å²) in [4.78, 5) is 8.15. The van der Waals surface area contributed by atoms with E-state index in [0.29, 0.717) is 11.0 Å². The molecule has 1 heterocycles. The van der Waals surface area contributed by atoms with E-state index in [-0.39, 0.29) is 12.5 Å². The molecule has 0 unspecified atom stereocenters. The zero-order valence-electron chi connectivity index (χ0n) is 15.3. The van der Waals surface area contributed by atoms with Gasteiger partial charge in [-0.15, -0.1) is 0 Å². The van der Waals surface area contributed by atoms with E-state index in [1.807, 2.05) is 0 Å². The van der Waals surface area contributed by atoms with E-state index in [9.17, 15) is 5.11 Å². The number of nitrogens with one attached hydrogen (secondary N) is 1. The summed E-state index contributed by atoms with van der Waals surface area (Å²) in [7, 11) is 0. The minimum atomic E-state index is 0.191. The first-order chi connectivity index (χ1) is 13.7. The highest BCUT2D eigenvalue weighted by Gasteiger charge is 2.25. The van der Waals surface area contributed by atoms with Crippen LogP contribution in [0.15, 0.2) is 48.8 Å². The van der Waals surface area contributed by atoms with Gasteiger partial charge >= 0.3 is 0 Å². The van der Waals surface area contributed by atoms with Crippen LogP contribution in [0, 0.1) is 0 Å². The standard InChI is InChI=1S/C23H20ClN3O/c24-21-11-22(26-13-25-21)27-17-7-4-14-5-9-19-18(20(14)10-17)8-6-15-2-1-3-16(12-28)23(15)19/h1-2,4,6-8,10-11,13,16,28H,3,5,9,12H2,(H,25,26,27)/t16-/m1/s1. The van der Waals surface area contributed by atoms with Crippen LogP contribution in [0.5, 0.6) is 0 Å². The molecular weight excluding hydrogens is 370 g/mol. The van der Waals surface area contributed by atoms with Crippen molar-refractivity contribution >= 4 is 29.2 Å². The Morgan fingerprint density at radius 2 is 2.00 bits per heavy atom. The van der Waals surface area contributed by atoms with Crippen molar-refractivity contribution in [3.8, 4) is 11.1 Å². The maximum atomic E-state index is 9.90. The first-order valence-electron chi connectivity index (χ1n) is 9.54. The highest BCUT2D eigenvalue weighted by Crippen LogP contribution is 2.42. The number of benzene rings is 2. The first kappa shape index (κ1) is 17.4. The van der Waals surface area contributed by atoms with Crippen LogP contribution in [0.4, 0.5) is 11.5 Å². The van der Waals surface area contributed by atoms with Crippen molar-refractivity contribution in [3.05, 3.63) is 76.2 Å². The van der Waals surface area contributed by atoms with E-state index in [2.05, 4.69) is 57.8 Å². The fraction of sp³-hybridized carbons (Fsp3) is 0.217. The Labute approximate surface area is 168 Å². The molecule has 1 aromatic heterocycles. The molecule has 140 valence electrons. The lowest BCUT2D eigenvalue weighted by Gasteiger charge is -2.29. The Balaban J connectivity index is 1.58. The van der Waals surface area contributed by atoms with Gasteiger partial charge in [0.05, 0.1) is 6.61 Å². The third-order valence-corrected chi connectivity index (χ3v) is 5.89. The second-order valence-corrected chi connectivity index (χ2v) is 7.72. The quantitative estimate of drug-likeness (QED) is 0.609. The lowest BCUT2D eigenvalue weighted by Crippen LogP contribution is -2.15. The maximum Gasteiger partial charge on any atom is 0.135 e. The van der Waals surface area contributed by atoms with Crippen LogP contribution in [0.1, 0.15) is 34.6 Å². The summed E-state index contributed by atoms with van der Waals surface area (Å²) in [6.45, 7) is 0.191. The number of aryl methyl sites for hydroxylation is 1. The van der Waals surface area contributed by atoms with Crippen LogP contribution in [-0.2, 0) is 12.8 Å². The maximum absolute atomic E-state index is 9.90. The van der Waals surface area contributed by atoms with Gasteiger partial charge in [-0.25, -0.2) is 9.97 Å². The molecule has 3 aromatic rings. The molecule has 2 aliphatic rings. The summed E-state index contributed by atoms with van der Waals surface area (Å²) in [5.74, 6) is 0.868. The molecule has 2 aliphatic carbocycles. The highest BCUT2D eigenvalue weighted by molar-refractivity contribution is 6.29. The van der Waals surface area contributed by atoms with Crippen LogP contribution in [0.2, 0.25) is 5.15 Å². The number of anilines is 2. The van der Waals surface area contributed by atoms with Gasteiger partial charge in [0.25, 0.3) is 0 Å². The Bertz CT molecular complexity index is 1090. The lowest BCUT2D eigenvalue weighted by atomic mass is 9.76. The molecule has 0 spiro atoms. The van der Waals surface area contributed by atoms with Gasteiger partial charge in [0, 0.05) is 17.7 Å². The highest BCUT2D eigenvalue weighted by atomic mass is 35.5. The van der Waals surface area contributed by atoms with Gasteiger partial charge in [0.2, 0.25) is 0 Å². The molecule has 0 fully saturated rings. The van der Waals surface area contributed by atoms with Gasteiger partial charge in [-0.3, -0.25) is 0 Å². The molecule has 5 rings (SSSR count). The van der Waals surface area contributed by atoms with Crippen LogP contribution >= 0.6 is 11.6 Å². The van der Waals surface area contributed by atoms with E-state index in [0.717, 1.165) is 24.9 Å². The van der Waals surface area contributed by atoms with Crippen molar-refractivity contribution < 1.29 is 5.11 Å². The molecule has 5 heteroatoms. The second kappa shape index (κ2) is 7.04. The zero-order chi connectivity index (χ0) is 19.1. The van der Waals surface area contributed by atoms with Crippen molar-refractivity contribution in [3.63, 3.8) is 0 Å². The number of fused-ring (bicyclic) bond motifs is 5. The third-order valence-electron chi connectivity index (χ3n) is 5.69. The summed E-state index contributed by atoms with van der Waals surface area (Å²) in [6, 6.07) is 12.6. The Kier molecular flexibility index (Phi) is 4.38. The van der Waals surface area contributed by atoms with Crippen molar-refractivity contribution in [2.75, 3.05) is 11.9 Å². The summed E-state index contributed by atoms with van der Waals surface area (Å²) in [5.41, 5.74) is 8.81. The molecule has 0 amide bonds. The van der Waals surface area contributed by atoms with Crippen LogP contribution in [0.25, 0.3) is 17.2 Å². The molecule has 2 N–H and O–H groups in total. The molecule has 2 aromatic carbocycles. The normalized spacial score (nSPS) is 16.9. The Morgan fingerprint density at radius 1 is 1.07 bits per heavy atom. The molecule has 0 aliphatic heterocycles. The van der Waals surface area contributed by atoms with E-state index in [4.69, 9.17) is 11.6 Å².